The zero-order valence-corrected chi connectivity index (χ0v) is 15.9. The van der Waals surface area contributed by atoms with Crippen molar-refractivity contribution >= 4 is 17.2 Å². The molecule has 0 radical (unpaired) electrons. The molecule has 0 aliphatic rings. The molecule has 0 atom stereocenters. The first-order valence-electron chi connectivity index (χ1n) is 8.80. The smallest absolute Gasteiger partial charge is 0.271 e. The zero-order chi connectivity index (χ0) is 20.2. The predicted octanol–water partition coefficient (Wildman–Crippen LogP) is 2.93. The molecule has 2 N–H and O–H groups in total. The summed E-state index contributed by atoms with van der Waals surface area (Å²) in [7, 11) is 0. The molecular weight excluding hydrogens is 393 g/mol. The number of benzene rings is 1. The van der Waals surface area contributed by atoms with E-state index in [2.05, 4.69) is 20.5 Å². The minimum atomic E-state index is -0.350. The SMILES string of the molecule is O=C(NCCn1cnc(-c2ccc(F)cc2)cc1=O)c1cc(-c2cccs2)[nH]n1. The van der Waals surface area contributed by atoms with Crippen LogP contribution in [0.3, 0.4) is 0 Å². The van der Waals surface area contributed by atoms with E-state index in [0.29, 0.717) is 11.3 Å². The summed E-state index contributed by atoms with van der Waals surface area (Å²) in [6.07, 6.45) is 1.41. The lowest BCUT2D eigenvalue weighted by molar-refractivity contribution is 0.0947. The Morgan fingerprint density at radius 2 is 2.03 bits per heavy atom. The van der Waals surface area contributed by atoms with Crippen LogP contribution in [0.1, 0.15) is 10.5 Å². The van der Waals surface area contributed by atoms with Gasteiger partial charge in [0.05, 0.1) is 22.6 Å². The van der Waals surface area contributed by atoms with Crippen molar-refractivity contribution in [3.63, 3.8) is 0 Å². The normalized spacial score (nSPS) is 10.8. The molecule has 0 aliphatic carbocycles. The van der Waals surface area contributed by atoms with Crippen LogP contribution in [0, 0.1) is 5.82 Å². The first kappa shape index (κ1) is 18.8. The maximum atomic E-state index is 13.0. The molecule has 9 heteroatoms. The minimum absolute atomic E-state index is 0.248. The van der Waals surface area contributed by atoms with Gasteiger partial charge in [-0.2, -0.15) is 5.10 Å². The molecule has 146 valence electrons. The third-order valence-electron chi connectivity index (χ3n) is 4.25. The number of nitrogens with zero attached hydrogens (tertiary/aromatic N) is 3. The van der Waals surface area contributed by atoms with E-state index in [1.54, 1.807) is 29.5 Å². The number of hydrogen-bond donors (Lipinski definition) is 2. The van der Waals surface area contributed by atoms with E-state index < -0.39 is 0 Å². The number of carbonyl (C=O) groups is 1. The van der Waals surface area contributed by atoms with Crippen LogP contribution in [0.4, 0.5) is 4.39 Å². The van der Waals surface area contributed by atoms with Crippen LogP contribution < -0.4 is 10.9 Å². The van der Waals surface area contributed by atoms with Crippen LogP contribution in [-0.2, 0) is 6.54 Å². The minimum Gasteiger partial charge on any atom is -0.349 e. The highest BCUT2D eigenvalue weighted by atomic mass is 32.1. The highest BCUT2D eigenvalue weighted by molar-refractivity contribution is 7.13. The van der Waals surface area contributed by atoms with Crippen molar-refractivity contribution in [3.8, 4) is 21.8 Å². The second-order valence-corrected chi connectivity index (χ2v) is 7.16. The van der Waals surface area contributed by atoms with Crippen molar-refractivity contribution < 1.29 is 9.18 Å². The molecule has 7 nitrogen and oxygen atoms in total. The van der Waals surface area contributed by atoms with Gasteiger partial charge >= 0.3 is 0 Å². The van der Waals surface area contributed by atoms with Crippen LogP contribution in [0.5, 0.6) is 0 Å². The summed E-state index contributed by atoms with van der Waals surface area (Å²) in [6, 6.07) is 12.7. The number of carbonyl (C=O) groups excluding carboxylic acids is 1. The van der Waals surface area contributed by atoms with E-state index in [-0.39, 0.29) is 36.1 Å². The number of H-pyrrole nitrogens is 1. The van der Waals surface area contributed by atoms with E-state index in [4.69, 9.17) is 0 Å². The number of rotatable bonds is 6. The fourth-order valence-corrected chi connectivity index (χ4v) is 3.44. The molecule has 29 heavy (non-hydrogen) atoms. The lowest BCUT2D eigenvalue weighted by Gasteiger charge is -2.07. The molecule has 0 bridgehead atoms. The summed E-state index contributed by atoms with van der Waals surface area (Å²) >= 11 is 1.55. The Hall–Kier alpha value is -3.59. The van der Waals surface area contributed by atoms with Crippen LogP contribution in [0.2, 0.25) is 0 Å². The molecule has 1 aromatic carbocycles. The topological polar surface area (TPSA) is 92.7 Å². The van der Waals surface area contributed by atoms with Crippen molar-refractivity contribution in [1.29, 1.82) is 0 Å². The van der Waals surface area contributed by atoms with E-state index >= 15 is 0 Å². The summed E-state index contributed by atoms with van der Waals surface area (Å²) in [5.74, 6) is -0.676. The average molecular weight is 409 g/mol. The number of nitrogens with one attached hydrogen (secondary N) is 2. The number of aromatic nitrogens is 4. The summed E-state index contributed by atoms with van der Waals surface area (Å²) < 4.78 is 14.4. The van der Waals surface area contributed by atoms with Gasteiger partial charge in [-0.1, -0.05) is 6.07 Å². The van der Waals surface area contributed by atoms with Gasteiger partial charge in [0.1, 0.15) is 5.82 Å². The van der Waals surface area contributed by atoms with E-state index in [0.717, 1.165) is 10.6 Å². The van der Waals surface area contributed by atoms with Crippen molar-refractivity contribution in [1.82, 2.24) is 25.1 Å². The van der Waals surface area contributed by atoms with Crippen molar-refractivity contribution in [2.75, 3.05) is 6.54 Å². The quantitative estimate of drug-likeness (QED) is 0.512. The van der Waals surface area contributed by atoms with E-state index in [1.165, 1.54) is 29.1 Å². The Balaban J connectivity index is 1.36. The molecule has 1 amide bonds. The van der Waals surface area contributed by atoms with Gasteiger partial charge in [0, 0.05) is 24.7 Å². The van der Waals surface area contributed by atoms with Crippen LogP contribution in [-0.4, -0.2) is 32.2 Å². The van der Waals surface area contributed by atoms with Crippen LogP contribution in [0.15, 0.2) is 65.0 Å². The molecule has 0 spiro atoms. The summed E-state index contributed by atoms with van der Waals surface area (Å²) in [4.78, 5) is 29.8. The van der Waals surface area contributed by atoms with Gasteiger partial charge in [0.25, 0.3) is 11.5 Å². The number of aromatic amines is 1. The molecule has 4 rings (SSSR count). The predicted molar refractivity (Wildman–Crippen MR) is 108 cm³/mol. The molecule has 3 heterocycles. The molecule has 0 saturated heterocycles. The van der Waals surface area contributed by atoms with Crippen molar-refractivity contribution in [3.05, 3.63) is 82.1 Å². The molecule has 0 unspecified atom stereocenters. The maximum Gasteiger partial charge on any atom is 0.271 e. The number of halogens is 1. The van der Waals surface area contributed by atoms with Gasteiger partial charge in [0.15, 0.2) is 5.69 Å². The largest absolute Gasteiger partial charge is 0.349 e. The Morgan fingerprint density at radius 1 is 1.21 bits per heavy atom. The number of thiophene rings is 1. The molecule has 0 saturated carbocycles. The van der Waals surface area contributed by atoms with Crippen LogP contribution in [0.25, 0.3) is 21.8 Å². The second-order valence-electron chi connectivity index (χ2n) is 6.21. The lowest BCUT2D eigenvalue weighted by Crippen LogP contribution is -2.31. The van der Waals surface area contributed by atoms with Gasteiger partial charge in [-0.15, -0.1) is 11.3 Å². The molecule has 3 aromatic heterocycles. The lowest BCUT2D eigenvalue weighted by atomic mass is 10.1. The monoisotopic (exact) mass is 409 g/mol. The number of hydrogen-bond acceptors (Lipinski definition) is 5. The van der Waals surface area contributed by atoms with E-state index in [1.807, 2.05) is 17.5 Å². The van der Waals surface area contributed by atoms with Gasteiger partial charge in [-0.05, 0) is 41.8 Å². The standard InChI is InChI=1S/C20H16FN5O2S/c21-14-5-3-13(4-6-14)15-11-19(27)26(12-23-15)8-7-22-20(28)17-10-16(24-25-17)18-2-1-9-29-18/h1-6,9-12H,7-8H2,(H,22,28)(H,24,25). The molecule has 0 fully saturated rings. The summed E-state index contributed by atoms with van der Waals surface area (Å²) in [5, 5.41) is 11.6. The first-order valence-corrected chi connectivity index (χ1v) is 9.68. The third-order valence-corrected chi connectivity index (χ3v) is 5.16. The fourth-order valence-electron chi connectivity index (χ4n) is 2.75. The maximum absolute atomic E-state index is 13.0. The average Bonchev–Trinajstić information content (AvgIpc) is 3.41. The molecular formula is C20H16FN5O2S. The first-order chi connectivity index (χ1) is 14.1. The second kappa shape index (κ2) is 8.19. The van der Waals surface area contributed by atoms with Gasteiger partial charge in [0.2, 0.25) is 0 Å². The molecule has 0 aliphatic heterocycles. The van der Waals surface area contributed by atoms with E-state index in [9.17, 15) is 14.0 Å². The van der Waals surface area contributed by atoms with Crippen molar-refractivity contribution in [2.24, 2.45) is 0 Å². The Bertz CT molecular complexity index is 1180. The number of amides is 1. The summed E-state index contributed by atoms with van der Waals surface area (Å²) in [5.41, 5.74) is 1.93. The van der Waals surface area contributed by atoms with Gasteiger partial charge in [-0.25, -0.2) is 9.37 Å². The zero-order valence-electron chi connectivity index (χ0n) is 15.1. The van der Waals surface area contributed by atoms with Gasteiger partial charge in [-0.3, -0.25) is 19.3 Å². The molecule has 4 aromatic rings. The van der Waals surface area contributed by atoms with Gasteiger partial charge < -0.3 is 5.32 Å². The van der Waals surface area contributed by atoms with Crippen LogP contribution >= 0.6 is 11.3 Å². The fraction of sp³-hybridized carbons (Fsp3) is 0.100. The van der Waals surface area contributed by atoms with Crippen molar-refractivity contribution in [2.45, 2.75) is 6.54 Å². The Morgan fingerprint density at radius 3 is 2.76 bits per heavy atom. The summed E-state index contributed by atoms with van der Waals surface area (Å²) in [6.45, 7) is 0.515. The highest BCUT2D eigenvalue weighted by Gasteiger charge is 2.12. The highest BCUT2D eigenvalue weighted by Crippen LogP contribution is 2.22. The Labute approximate surface area is 168 Å². The third kappa shape index (κ3) is 4.30. The Kier molecular flexibility index (Phi) is 5.30.